The fourth-order valence-corrected chi connectivity index (χ4v) is 4.88. The first-order valence-electron chi connectivity index (χ1n) is 10.2. The average molecular weight is 454 g/mol. The van der Waals surface area contributed by atoms with E-state index < -0.39 is 23.8 Å². The number of carboxylic acid groups (broad SMARTS) is 1. The van der Waals surface area contributed by atoms with E-state index in [9.17, 15) is 18.7 Å². The minimum absolute atomic E-state index is 0.190. The molecule has 0 radical (unpaired) electrons. The Morgan fingerprint density at radius 2 is 1.69 bits per heavy atom. The van der Waals surface area contributed by atoms with Gasteiger partial charge in [-0.3, -0.25) is 8.86 Å². The summed E-state index contributed by atoms with van der Waals surface area (Å²) in [6, 6.07) is 19.3. The predicted octanol–water partition coefficient (Wildman–Crippen LogP) is 4.54. The number of anilines is 1. The molecule has 1 aliphatic carbocycles. The summed E-state index contributed by atoms with van der Waals surface area (Å²) >= 11 is -2.27. The number of carboxylic acids is 1. The van der Waals surface area contributed by atoms with Gasteiger partial charge >= 0.3 is 5.97 Å². The number of nitrogens with zero attached hydrogens (tertiary/aromatic N) is 1. The van der Waals surface area contributed by atoms with Crippen LogP contribution in [-0.4, -0.2) is 31.6 Å². The van der Waals surface area contributed by atoms with Gasteiger partial charge < -0.3 is 14.9 Å². The summed E-state index contributed by atoms with van der Waals surface area (Å²) in [7, 11) is 0. The molecule has 0 saturated carbocycles. The first-order valence-corrected chi connectivity index (χ1v) is 11.3. The molecule has 0 spiro atoms. The van der Waals surface area contributed by atoms with Gasteiger partial charge in [0.2, 0.25) is 0 Å². The monoisotopic (exact) mass is 453 g/mol. The first kappa shape index (κ1) is 21.9. The van der Waals surface area contributed by atoms with Crippen molar-refractivity contribution in [3.63, 3.8) is 0 Å². The Bertz CT molecular complexity index is 1130. The second-order valence-electron chi connectivity index (χ2n) is 7.56. The van der Waals surface area contributed by atoms with Gasteiger partial charge in [0.05, 0.1) is 11.7 Å². The van der Waals surface area contributed by atoms with Crippen molar-refractivity contribution in [3.05, 3.63) is 77.9 Å². The Labute approximate surface area is 188 Å². The maximum atomic E-state index is 12.4. The number of hydrogen-bond acceptors (Lipinski definition) is 4. The van der Waals surface area contributed by atoms with Crippen LogP contribution in [0.4, 0.5) is 5.69 Å². The molecular weight excluding hydrogens is 430 g/mol. The van der Waals surface area contributed by atoms with E-state index in [2.05, 4.69) is 0 Å². The molecule has 1 aliphatic rings. The van der Waals surface area contributed by atoms with Crippen LogP contribution >= 0.6 is 0 Å². The molecule has 3 aromatic rings. The lowest BCUT2D eigenvalue weighted by Crippen LogP contribution is -2.33. The van der Waals surface area contributed by atoms with E-state index in [4.69, 9.17) is 9.84 Å². The van der Waals surface area contributed by atoms with E-state index in [0.29, 0.717) is 24.3 Å². The molecule has 2 atom stereocenters. The van der Waals surface area contributed by atoms with E-state index in [1.54, 1.807) is 36.4 Å². The van der Waals surface area contributed by atoms with Crippen LogP contribution in [0.1, 0.15) is 30.0 Å². The topological polar surface area (TPSA) is 107 Å². The number of carbonyl (C=O) groups is 1. The Kier molecular flexibility index (Phi) is 6.43. The summed E-state index contributed by atoms with van der Waals surface area (Å²) in [4.78, 5) is 10.9. The van der Waals surface area contributed by atoms with Crippen molar-refractivity contribution in [2.75, 3.05) is 10.9 Å². The van der Waals surface area contributed by atoms with Crippen molar-refractivity contribution >= 4 is 22.9 Å². The van der Waals surface area contributed by atoms with Crippen LogP contribution in [0.15, 0.2) is 66.7 Å². The van der Waals surface area contributed by atoms with Crippen LogP contribution in [0.5, 0.6) is 11.5 Å². The number of hydrogen-bond donors (Lipinski definition) is 3. The Morgan fingerprint density at radius 3 is 2.31 bits per heavy atom. The molecule has 0 fully saturated rings. The van der Waals surface area contributed by atoms with E-state index >= 15 is 0 Å². The number of benzene rings is 3. The molecule has 0 aliphatic heterocycles. The van der Waals surface area contributed by atoms with Crippen molar-refractivity contribution in [1.82, 2.24) is 0 Å². The van der Waals surface area contributed by atoms with E-state index in [0.717, 1.165) is 28.7 Å². The molecule has 0 saturated heterocycles. The lowest BCUT2D eigenvalue weighted by molar-refractivity contribution is -0.139. The zero-order valence-electron chi connectivity index (χ0n) is 17.2. The summed E-state index contributed by atoms with van der Waals surface area (Å²) in [5, 5.41) is 18.4. The van der Waals surface area contributed by atoms with Crippen molar-refractivity contribution in [3.8, 4) is 22.6 Å². The van der Waals surface area contributed by atoms with E-state index in [1.807, 2.05) is 30.3 Å². The highest BCUT2D eigenvalue weighted by Gasteiger charge is 2.31. The van der Waals surface area contributed by atoms with Gasteiger partial charge in [0.15, 0.2) is 6.61 Å². The van der Waals surface area contributed by atoms with Crippen LogP contribution in [0.3, 0.4) is 0 Å². The van der Waals surface area contributed by atoms with Crippen LogP contribution < -0.4 is 9.04 Å². The zero-order chi connectivity index (χ0) is 22.7. The number of phenolic OH excluding ortho intramolecular Hbond substituents is 1. The van der Waals surface area contributed by atoms with Gasteiger partial charge in [0, 0.05) is 0 Å². The lowest BCUT2D eigenvalue weighted by Gasteiger charge is -2.35. The first-order chi connectivity index (χ1) is 15.4. The van der Waals surface area contributed by atoms with Crippen LogP contribution in [0.25, 0.3) is 11.1 Å². The zero-order valence-corrected chi connectivity index (χ0v) is 18.0. The lowest BCUT2D eigenvalue weighted by atomic mass is 9.87. The Hall–Kier alpha value is -3.36. The molecule has 3 N–H and O–H groups in total. The third-order valence-corrected chi connectivity index (χ3v) is 6.36. The number of phenols is 1. The fraction of sp³-hybridized carbons (Fsp3) is 0.208. The Balaban J connectivity index is 1.66. The average Bonchev–Trinajstić information content (AvgIpc) is 2.79. The molecule has 0 amide bonds. The number of aromatic hydroxyl groups is 1. The van der Waals surface area contributed by atoms with Gasteiger partial charge in [-0.2, -0.15) is 0 Å². The van der Waals surface area contributed by atoms with Crippen molar-refractivity contribution < 1.29 is 28.5 Å². The highest BCUT2D eigenvalue weighted by Crippen LogP contribution is 2.41. The molecule has 4 rings (SSSR count). The van der Waals surface area contributed by atoms with E-state index in [1.165, 1.54) is 4.31 Å². The molecule has 0 heterocycles. The normalized spacial score (nSPS) is 16.1. The molecule has 8 heteroatoms. The standard InChI is InChI=1S/C24H23NO6S/c26-19-13-9-17(10-14-19)16-7-11-18(12-8-16)25(32(29)30)22-5-1-4-21-20(22)3-2-6-23(21)31-15-24(27)28/h2-3,6-14,22,26H,1,4-5,15H2,(H,27,28)(H,29,30). The summed E-state index contributed by atoms with van der Waals surface area (Å²) in [6.45, 7) is -0.435. The van der Waals surface area contributed by atoms with Crippen molar-refractivity contribution in [2.45, 2.75) is 25.3 Å². The fourth-order valence-electron chi connectivity index (χ4n) is 4.14. The number of fused-ring (bicyclic) bond motifs is 1. The van der Waals surface area contributed by atoms with Crippen LogP contribution in [0, 0.1) is 0 Å². The van der Waals surface area contributed by atoms with Gasteiger partial charge in [-0.25, -0.2) is 9.00 Å². The summed E-state index contributed by atoms with van der Waals surface area (Å²) in [6.07, 6.45) is 2.18. The molecule has 3 aromatic carbocycles. The quantitative estimate of drug-likeness (QED) is 0.453. The maximum absolute atomic E-state index is 12.4. The molecule has 166 valence electrons. The van der Waals surface area contributed by atoms with Gasteiger partial charge in [-0.1, -0.05) is 36.4 Å². The maximum Gasteiger partial charge on any atom is 0.341 e. The molecule has 0 aromatic heterocycles. The smallest absolute Gasteiger partial charge is 0.341 e. The second kappa shape index (κ2) is 9.42. The second-order valence-corrected chi connectivity index (χ2v) is 8.42. The van der Waals surface area contributed by atoms with Gasteiger partial charge in [-0.15, -0.1) is 0 Å². The SMILES string of the molecule is O=C(O)COc1cccc2c1CCCC2N(c1ccc(-c2ccc(O)cc2)cc1)S(=O)O. The van der Waals surface area contributed by atoms with Crippen LogP contribution in [-0.2, 0) is 22.5 Å². The molecular formula is C24H23NO6S. The number of aliphatic carboxylic acids is 1. The van der Waals surface area contributed by atoms with Crippen molar-refractivity contribution in [1.29, 1.82) is 0 Å². The minimum atomic E-state index is -2.27. The number of rotatable bonds is 7. The highest BCUT2D eigenvalue weighted by molar-refractivity contribution is 7.80. The van der Waals surface area contributed by atoms with Gasteiger partial charge in [0.25, 0.3) is 11.3 Å². The van der Waals surface area contributed by atoms with Crippen molar-refractivity contribution in [2.24, 2.45) is 0 Å². The highest BCUT2D eigenvalue weighted by atomic mass is 32.2. The molecule has 32 heavy (non-hydrogen) atoms. The molecule has 0 bridgehead atoms. The summed E-state index contributed by atoms with van der Waals surface area (Å²) in [5.41, 5.74) is 4.19. The van der Waals surface area contributed by atoms with Crippen LogP contribution in [0.2, 0.25) is 0 Å². The third-order valence-electron chi connectivity index (χ3n) is 5.56. The van der Waals surface area contributed by atoms with Gasteiger partial charge in [-0.05, 0) is 71.8 Å². The van der Waals surface area contributed by atoms with Gasteiger partial charge in [0.1, 0.15) is 11.5 Å². The third kappa shape index (κ3) is 4.61. The minimum Gasteiger partial charge on any atom is -0.508 e. The Morgan fingerprint density at radius 1 is 1.03 bits per heavy atom. The van der Waals surface area contributed by atoms with E-state index in [-0.39, 0.29) is 11.8 Å². The molecule has 7 nitrogen and oxygen atoms in total. The number of ether oxygens (including phenoxy) is 1. The summed E-state index contributed by atoms with van der Waals surface area (Å²) in [5.74, 6) is -0.363. The molecule has 2 unspecified atom stereocenters. The summed E-state index contributed by atoms with van der Waals surface area (Å²) < 4.78 is 29.5. The predicted molar refractivity (Wildman–Crippen MR) is 122 cm³/mol. The largest absolute Gasteiger partial charge is 0.508 e.